The average molecular weight is 580 g/mol. The second-order valence-electron chi connectivity index (χ2n) is 10.5. The zero-order chi connectivity index (χ0) is 28.6. The van der Waals surface area contributed by atoms with Crippen LogP contribution in [0.25, 0.3) is 11.3 Å². The SMILES string of the molecule is CO[C@@H]1[C@@H](n2cc(-c3ccc(C)c(F)c3)nn2)[C@@H](O)[C@@H](CO)O[C@@H]1Cc1cc(C2CCN(S(C)(=O)=O)CC2)on1. The van der Waals surface area contributed by atoms with Gasteiger partial charge in [-0.25, -0.2) is 21.8 Å². The molecule has 1 aromatic carbocycles. The molecule has 5 atom stereocenters. The minimum atomic E-state index is -3.23. The van der Waals surface area contributed by atoms with Crippen LogP contribution in [0.15, 0.2) is 35.0 Å². The molecule has 218 valence electrons. The third-order valence-electron chi connectivity index (χ3n) is 7.83. The molecule has 2 aromatic heterocycles. The number of sulfonamides is 1. The molecule has 4 heterocycles. The van der Waals surface area contributed by atoms with E-state index in [-0.39, 0.29) is 18.2 Å². The molecule has 0 spiro atoms. The molecule has 2 aliphatic rings. The Kier molecular flexibility index (Phi) is 8.36. The van der Waals surface area contributed by atoms with Gasteiger partial charge in [-0.15, -0.1) is 5.10 Å². The summed E-state index contributed by atoms with van der Waals surface area (Å²) in [5.41, 5.74) is 2.08. The molecule has 2 N–H and O–H groups in total. The first-order valence-electron chi connectivity index (χ1n) is 13.1. The van der Waals surface area contributed by atoms with Crippen molar-refractivity contribution in [2.75, 3.05) is 33.1 Å². The Balaban J connectivity index is 1.34. The third-order valence-corrected chi connectivity index (χ3v) is 9.13. The van der Waals surface area contributed by atoms with E-state index < -0.39 is 47.1 Å². The van der Waals surface area contributed by atoms with E-state index in [9.17, 15) is 23.0 Å². The van der Waals surface area contributed by atoms with E-state index in [4.69, 9.17) is 14.0 Å². The van der Waals surface area contributed by atoms with Gasteiger partial charge in [0.15, 0.2) is 0 Å². The van der Waals surface area contributed by atoms with E-state index in [0.29, 0.717) is 54.2 Å². The largest absolute Gasteiger partial charge is 0.394 e. The number of aliphatic hydroxyl groups is 2. The summed E-state index contributed by atoms with van der Waals surface area (Å²) < 4.78 is 58.2. The van der Waals surface area contributed by atoms with Gasteiger partial charge in [0, 0.05) is 44.2 Å². The van der Waals surface area contributed by atoms with Crippen molar-refractivity contribution in [1.29, 1.82) is 0 Å². The fourth-order valence-electron chi connectivity index (χ4n) is 5.53. The lowest BCUT2D eigenvalue weighted by molar-refractivity contribution is -0.212. The number of aliphatic hydroxyl groups excluding tert-OH is 2. The molecule has 40 heavy (non-hydrogen) atoms. The molecule has 2 fully saturated rings. The Morgan fingerprint density at radius 1 is 1.20 bits per heavy atom. The van der Waals surface area contributed by atoms with Gasteiger partial charge >= 0.3 is 0 Å². The molecular formula is C26H34FN5O7S. The lowest BCUT2D eigenvalue weighted by atomic mass is 9.90. The van der Waals surface area contributed by atoms with E-state index in [2.05, 4.69) is 15.5 Å². The summed E-state index contributed by atoms with van der Waals surface area (Å²) in [6.45, 7) is 2.08. The molecule has 5 rings (SSSR count). The topological polar surface area (TPSA) is 153 Å². The lowest BCUT2D eigenvalue weighted by Gasteiger charge is -2.43. The maximum atomic E-state index is 14.1. The first-order chi connectivity index (χ1) is 19.1. The van der Waals surface area contributed by atoms with Crippen molar-refractivity contribution in [3.8, 4) is 11.3 Å². The molecule has 0 radical (unpaired) electrons. The van der Waals surface area contributed by atoms with Crippen LogP contribution in [0.1, 0.15) is 41.8 Å². The minimum Gasteiger partial charge on any atom is -0.394 e. The molecule has 2 aliphatic heterocycles. The molecule has 0 bridgehead atoms. The molecule has 12 nitrogen and oxygen atoms in total. The Morgan fingerprint density at radius 2 is 1.95 bits per heavy atom. The number of benzene rings is 1. The first-order valence-corrected chi connectivity index (χ1v) is 15.0. The zero-order valence-electron chi connectivity index (χ0n) is 22.6. The summed E-state index contributed by atoms with van der Waals surface area (Å²) in [6.07, 6.45) is 0.951. The highest BCUT2D eigenvalue weighted by Gasteiger charge is 2.47. The Bertz CT molecular complexity index is 1420. The van der Waals surface area contributed by atoms with Crippen LogP contribution < -0.4 is 0 Å². The maximum Gasteiger partial charge on any atom is 0.211 e. The number of methoxy groups -OCH3 is 1. The summed E-state index contributed by atoms with van der Waals surface area (Å²) in [7, 11) is -1.73. The predicted molar refractivity (Wildman–Crippen MR) is 140 cm³/mol. The number of piperidine rings is 1. The second-order valence-corrected chi connectivity index (χ2v) is 12.5. The zero-order valence-corrected chi connectivity index (χ0v) is 23.4. The van der Waals surface area contributed by atoms with E-state index in [0.717, 1.165) is 0 Å². The normalized spacial score (nSPS) is 26.8. The van der Waals surface area contributed by atoms with E-state index in [1.165, 1.54) is 28.4 Å². The van der Waals surface area contributed by atoms with Gasteiger partial charge in [0.1, 0.15) is 41.6 Å². The molecular weight excluding hydrogens is 545 g/mol. The van der Waals surface area contributed by atoms with Gasteiger partial charge in [0.2, 0.25) is 10.0 Å². The number of aromatic nitrogens is 4. The van der Waals surface area contributed by atoms with Crippen LogP contribution in [0.2, 0.25) is 0 Å². The Hall–Kier alpha value is -2.75. The van der Waals surface area contributed by atoms with Gasteiger partial charge in [-0.3, -0.25) is 0 Å². The van der Waals surface area contributed by atoms with Gasteiger partial charge in [-0.2, -0.15) is 0 Å². The predicted octanol–water partition coefficient (Wildman–Crippen LogP) is 1.44. The molecule has 0 aliphatic carbocycles. The lowest BCUT2D eigenvalue weighted by Crippen LogP contribution is -2.57. The van der Waals surface area contributed by atoms with Crippen LogP contribution in [0.5, 0.6) is 0 Å². The van der Waals surface area contributed by atoms with Crippen LogP contribution >= 0.6 is 0 Å². The van der Waals surface area contributed by atoms with Crippen LogP contribution in [0.3, 0.4) is 0 Å². The van der Waals surface area contributed by atoms with E-state index in [1.54, 1.807) is 25.3 Å². The van der Waals surface area contributed by atoms with Gasteiger partial charge in [-0.05, 0) is 31.4 Å². The molecule has 0 saturated carbocycles. The van der Waals surface area contributed by atoms with Crippen LogP contribution in [-0.4, -0.2) is 101 Å². The number of hydrogen-bond donors (Lipinski definition) is 2. The minimum absolute atomic E-state index is 0.0460. The van der Waals surface area contributed by atoms with Gasteiger partial charge in [0.25, 0.3) is 0 Å². The summed E-state index contributed by atoms with van der Waals surface area (Å²) in [5, 5.41) is 33.6. The van der Waals surface area contributed by atoms with Crippen molar-refractivity contribution in [2.24, 2.45) is 0 Å². The first kappa shape index (κ1) is 28.8. The van der Waals surface area contributed by atoms with Gasteiger partial charge < -0.3 is 24.2 Å². The standard InChI is InChI=1S/C26H34FN5O7S/c1-15-4-5-17(10-19(15)27)20-13-32(30-28-20)24-25(34)23(14-33)38-22(26(24)37-2)12-18-11-21(39-29-18)16-6-8-31(9-7-16)40(3,35)36/h4-5,10-11,13,16,22-26,33-34H,6-9,12,14H2,1-3H3/t22-,23-,24+,25+,26+/m1/s1. The van der Waals surface area contributed by atoms with E-state index in [1.807, 2.05) is 6.07 Å². The Labute approximate surface area is 231 Å². The van der Waals surface area contributed by atoms with E-state index >= 15 is 0 Å². The number of aryl methyl sites for hydroxylation is 1. The smallest absolute Gasteiger partial charge is 0.211 e. The molecule has 14 heteroatoms. The number of rotatable bonds is 8. The molecule has 2 saturated heterocycles. The molecule has 3 aromatic rings. The van der Waals surface area contributed by atoms with Crippen LogP contribution in [0, 0.1) is 12.7 Å². The fraction of sp³-hybridized carbons (Fsp3) is 0.577. The summed E-state index contributed by atoms with van der Waals surface area (Å²) in [6, 6.07) is 5.86. The summed E-state index contributed by atoms with van der Waals surface area (Å²) >= 11 is 0. The van der Waals surface area contributed by atoms with Crippen molar-refractivity contribution in [1.82, 2.24) is 24.5 Å². The number of halogens is 1. The van der Waals surface area contributed by atoms with Crippen LogP contribution in [-0.2, 0) is 25.9 Å². The number of nitrogens with zero attached hydrogens (tertiary/aromatic N) is 5. The van der Waals surface area contributed by atoms with Crippen molar-refractivity contribution in [2.45, 2.75) is 62.6 Å². The molecule has 0 amide bonds. The second kappa shape index (κ2) is 11.6. The molecule has 0 unspecified atom stereocenters. The quantitative estimate of drug-likeness (QED) is 0.401. The summed E-state index contributed by atoms with van der Waals surface area (Å²) in [5.74, 6) is 0.361. The number of hydrogen-bond acceptors (Lipinski definition) is 10. The van der Waals surface area contributed by atoms with Gasteiger partial charge in [0.05, 0.1) is 30.9 Å². The highest BCUT2D eigenvalue weighted by molar-refractivity contribution is 7.88. The van der Waals surface area contributed by atoms with Crippen molar-refractivity contribution in [3.05, 3.63) is 53.3 Å². The summed E-state index contributed by atoms with van der Waals surface area (Å²) in [4.78, 5) is 0. The number of ether oxygens (including phenoxy) is 2. The average Bonchev–Trinajstić information content (AvgIpc) is 3.61. The fourth-order valence-corrected chi connectivity index (χ4v) is 6.41. The van der Waals surface area contributed by atoms with Crippen molar-refractivity contribution < 1.29 is 37.0 Å². The maximum absolute atomic E-state index is 14.1. The Morgan fingerprint density at radius 3 is 2.60 bits per heavy atom. The van der Waals surface area contributed by atoms with Crippen LogP contribution in [0.4, 0.5) is 4.39 Å². The highest BCUT2D eigenvalue weighted by Crippen LogP contribution is 2.35. The third kappa shape index (κ3) is 5.83. The monoisotopic (exact) mass is 579 g/mol. The highest BCUT2D eigenvalue weighted by atomic mass is 32.2. The van der Waals surface area contributed by atoms with Crippen molar-refractivity contribution >= 4 is 10.0 Å². The van der Waals surface area contributed by atoms with Gasteiger partial charge in [-0.1, -0.05) is 22.5 Å². The van der Waals surface area contributed by atoms with Crippen molar-refractivity contribution in [3.63, 3.8) is 0 Å².